The Bertz CT molecular complexity index is 1250. The van der Waals surface area contributed by atoms with Gasteiger partial charge in [-0.15, -0.1) is 0 Å². The predicted molar refractivity (Wildman–Crippen MR) is 152 cm³/mol. The standard InChI is InChI=1S/C32H30Cl2N2O/c33-28-20-27(21-29(34)22-28)32(26-14-8-3-9-15-26)36-18-16-35(17-19-36)31(37)23-30(24-10-4-1-5-11-24)25-12-6-2-7-13-25/h1-15,20-22,30,32H,16-19,23H2. The second-order valence-electron chi connectivity index (χ2n) is 9.51. The SMILES string of the molecule is O=C(CC(c1ccccc1)c1ccccc1)N1CCN(C(c2ccccc2)c2cc(Cl)cc(Cl)c2)CC1. The van der Waals surface area contributed by atoms with E-state index in [1.165, 1.54) is 16.7 Å². The van der Waals surface area contributed by atoms with Crippen LogP contribution in [0.3, 0.4) is 0 Å². The van der Waals surface area contributed by atoms with Gasteiger partial charge < -0.3 is 4.90 Å². The average molecular weight is 530 g/mol. The number of halogens is 2. The van der Waals surface area contributed by atoms with Crippen LogP contribution in [0.4, 0.5) is 0 Å². The summed E-state index contributed by atoms with van der Waals surface area (Å²) in [5.41, 5.74) is 4.59. The van der Waals surface area contributed by atoms with Crippen LogP contribution in [0.2, 0.25) is 10.0 Å². The highest BCUT2D eigenvalue weighted by atomic mass is 35.5. The van der Waals surface area contributed by atoms with Crippen molar-refractivity contribution in [3.63, 3.8) is 0 Å². The predicted octanol–water partition coefficient (Wildman–Crippen LogP) is 7.45. The van der Waals surface area contributed by atoms with Gasteiger partial charge in [0.2, 0.25) is 5.91 Å². The van der Waals surface area contributed by atoms with Crippen molar-refractivity contribution in [2.75, 3.05) is 26.2 Å². The normalized spacial score (nSPS) is 15.1. The molecule has 5 rings (SSSR count). The Morgan fingerprint density at radius 3 is 1.57 bits per heavy atom. The maximum Gasteiger partial charge on any atom is 0.223 e. The van der Waals surface area contributed by atoms with Gasteiger partial charge in [0.15, 0.2) is 0 Å². The number of rotatable bonds is 7. The molecule has 1 aliphatic heterocycles. The zero-order valence-corrected chi connectivity index (χ0v) is 22.2. The van der Waals surface area contributed by atoms with Crippen molar-refractivity contribution >= 4 is 29.1 Å². The molecular formula is C32H30Cl2N2O. The summed E-state index contributed by atoms with van der Waals surface area (Å²) in [6.07, 6.45) is 0.458. The Morgan fingerprint density at radius 2 is 1.08 bits per heavy atom. The fourth-order valence-corrected chi connectivity index (χ4v) is 5.86. The van der Waals surface area contributed by atoms with E-state index in [0.717, 1.165) is 18.7 Å². The van der Waals surface area contributed by atoms with Crippen molar-refractivity contribution in [3.05, 3.63) is 141 Å². The van der Waals surface area contributed by atoms with E-state index in [1.807, 2.05) is 59.5 Å². The number of amides is 1. The quantitative estimate of drug-likeness (QED) is 0.248. The molecule has 0 spiro atoms. The lowest BCUT2D eigenvalue weighted by molar-refractivity contribution is -0.133. The topological polar surface area (TPSA) is 23.6 Å². The van der Waals surface area contributed by atoms with Gasteiger partial charge in [-0.05, 0) is 40.5 Å². The maximum absolute atomic E-state index is 13.5. The molecule has 37 heavy (non-hydrogen) atoms. The van der Waals surface area contributed by atoms with Crippen LogP contribution in [0.5, 0.6) is 0 Å². The monoisotopic (exact) mass is 528 g/mol. The van der Waals surface area contributed by atoms with Crippen molar-refractivity contribution in [3.8, 4) is 0 Å². The van der Waals surface area contributed by atoms with Gasteiger partial charge in [0.05, 0.1) is 6.04 Å². The molecule has 1 saturated heterocycles. The van der Waals surface area contributed by atoms with Gasteiger partial charge in [0, 0.05) is 48.6 Å². The van der Waals surface area contributed by atoms with Gasteiger partial charge in [-0.3, -0.25) is 9.69 Å². The Balaban J connectivity index is 1.32. The van der Waals surface area contributed by atoms with Crippen LogP contribution in [0.1, 0.15) is 40.6 Å². The first-order valence-corrected chi connectivity index (χ1v) is 13.5. The van der Waals surface area contributed by atoms with E-state index in [9.17, 15) is 4.79 Å². The molecule has 0 radical (unpaired) electrons. The molecule has 1 aliphatic rings. The molecule has 188 valence electrons. The number of piperazine rings is 1. The molecule has 1 atom stereocenters. The fraction of sp³-hybridized carbons (Fsp3) is 0.219. The molecule has 3 nitrogen and oxygen atoms in total. The van der Waals surface area contributed by atoms with Crippen LogP contribution >= 0.6 is 23.2 Å². The average Bonchev–Trinajstić information content (AvgIpc) is 2.93. The number of hydrogen-bond donors (Lipinski definition) is 0. The number of benzene rings is 4. The molecule has 1 amide bonds. The number of carbonyl (C=O) groups excluding carboxylic acids is 1. The van der Waals surface area contributed by atoms with Crippen LogP contribution < -0.4 is 0 Å². The summed E-state index contributed by atoms with van der Waals surface area (Å²) in [4.78, 5) is 18.0. The van der Waals surface area contributed by atoms with Crippen LogP contribution in [-0.2, 0) is 4.79 Å². The van der Waals surface area contributed by atoms with Crippen molar-refractivity contribution in [1.82, 2.24) is 9.80 Å². The van der Waals surface area contributed by atoms with E-state index >= 15 is 0 Å². The molecule has 0 bridgehead atoms. The highest BCUT2D eigenvalue weighted by Gasteiger charge is 2.30. The molecule has 0 aromatic heterocycles. The third-order valence-corrected chi connectivity index (χ3v) is 7.57. The minimum absolute atomic E-state index is 0.0241. The van der Waals surface area contributed by atoms with Gasteiger partial charge in [0.1, 0.15) is 0 Å². The minimum atomic E-state index is 0.0241. The number of hydrogen-bond acceptors (Lipinski definition) is 2. The third kappa shape index (κ3) is 6.24. The Labute approximate surface area is 229 Å². The molecule has 4 aromatic carbocycles. The zero-order valence-electron chi connectivity index (χ0n) is 20.6. The van der Waals surface area contributed by atoms with Crippen molar-refractivity contribution < 1.29 is 4.79 Å². The van der Waals surface area contributed by atoms with E-state index in [1.54, 1.807) is 6.07 Å². The maximum atomic E-state index is 13.5. The zero-order chi connectivity index (χ0) is 25.6. The molecule has 1 fully saturated rings. The van der Waals surface area contributed by atoms with Crippen LogP contribution in [0.15, 0.2) is 109 Å². The van der Waals surface area contributed by atoms with Crippen LogP contribution in [0, 0.1) is 0 Å². The summed E-state index contributed by atoms with van der Waals surface area (Å²) in [5, 5.41) is 1.26. The first-order chi connectivity index (χ1) is 18.1. The fourth-order valence-electron chi connectivity index (χ4n) is 5.31. The first-order valence-electron chi connectivity index (χ1n) is 12.7. The number of nitrogens with zero attached hydrogens (tertiary/aromatic N) is 2. The van der Waals surface area contributed by atoms with E-state index in [0.29, 0.717) is 29.6 Å². The van der Waals surface area contributed by atoms with E-state index in [-0.39, 0.29) is 17.9 Å². The highest BCUT2D eigenvalue weighted by Crippen LogP contribution is 2.34. The molecule has 1 unspecified atom stereocenters. The molecule has 0 N–H and O–H groups in total. The highest BCUT2D eigenvalue weighted by molar-refractivity contribution is 6.34. The van der Waals surface area contributed by atoms with E-state index < -0.39 is 0 Å². The summed E-state index contributed by atoms with van der Waals surface area (Å²) in [6, 6.07) is 36.9. The Hall–Kier alpha value is -3.11. The lowest BCUT2D eigenvalue weighted by Crippen LogP contribution is -2.50. The van der Waals surface area contributed by atoms with Crippen molar-refractivity contribution in [2.24, 2.45) is 0 Å². The molecule has 5 heteroatoms. The third-order valence-electron chi connectivity index (χ3n) is 7.13. The van der Waals surface area contributed by atoms with E-state index in [4.69, 9.17) is 23.2 Å². The molecule has 4 aromatic rings. The first kappa shape index (κ1) is 25.5. The van der Waals surface area contributed by atoms with Gasteiger partial charge in [-0.2, -0.15) is 0 Å². The summed E-state index contributed by atoms with van der Waals surface area (Å²) < 4.78 is 0. The number of carbonyl (C=O) groups is 1. The van der Waals surface area contributed by atoms with Gasteiger partial charge in [-0.1, -0.05) is 114 Å². The lowest BCUT2D eigenvalue weighted by atomic mass is 9.88. The van der Waals surface area contributed by atoms with E-state index in [2.05, 4.69) is 53.4 Å². The molecule has 0 aliphatic carbocycles. The largest absolute Gasteiger partial charge is 0.340 e. The van der Waals surface area contributed by atoms with Crippen molar-refractivity contribution in [1.29, 1.82) is 0 Å². The molecular weight excluding hydrogens is 499 g/mol. The second kappa shape index (κ2) is 12.0. The summed E-state index contributed by atoms with van der Waals surface area (Å²) in [6.45, 7) is 2.92. The molecule has 1 heterocycles. The van der Waals surface area contributed by atoms with Gasteiger partial charge in [0.25, 0.3) is 0 Å². The van der Waals surface area contributed by atoms with Gasteiger partial charge in [-0.25, -0.2) is 0 Å². The second-order valence-corrected chi connectivity index (χ2v) is 10.4. The Kier molecular flexibility index (Phi) is 8.25. The summed E-state index contributed by atoms with van der Waals surface area (Å²) in [7, 11) is 0. The lowest BCUT2D eigenvalue weighted by Gasteiger charge is -2.40. The summed E-state index contributed by atoms with van der Waals surface area (Å²) >= 11 is 12.8. The minimum Gasteiger partial charge on any atom is -0.340 e. The van der Waals surface area contributed by atoms with Crippen LogP contribution in [-0.4, -0.2) is 41.9 Å². The molecule has 0 saturated carbocycles. The van der Waals surface area contributed by atoms with Crippen molar-refractivity contribution in [2.45, 2.75) is 18.4 Å². The van der Waals surface area contributed by atoms with Crippen LogP contribution in [0.25, 0.3) is 0 Å². The summed E-state index contributed by atoms with van der Waals surface area (Å²) in [5.74, 6) is 0.234. The Morgan fingerprint density at radius 1 is 0.622 bits per heavy atom. The van der Waals surface area contributed by atoms with Gasteiger partial charge >= 0.3 is 0 Å². The smallest absolute Gasteiger partial charge is 0.223 e.